The van der Waals surface area contributed by atoms with Crippen LogP contribution in [0.2, 0.25) is 0 Å². The molecule has 0 radical (unpaired) electrons. The predicted molar refractivity (Wildman–Crippen MR) is 53.5 cm³/mol. The lowest BCUT2D eigenvalue weighted by Gasteiger charge is -2.30. The van der Waals surface area contributed by atoms with E-state index in [2.05, 4.69) is 5.92 Å². The summed E-state index contributed by atoms with van der Waals surface area (Å²) in [7, 11) is 0. The van der Waals surface area contributed by atoms with Crippen molar-refractivity contribution in [2.24, 2.45) is 5.92 Å². The minimum absolute atomic E-state index is 0.119. The molecule has 0 bridgehead atoms. The van der Waals surface area contributed by atoms with Crippen molar-refractivity contribution in [1.29, 1.82) is 0 Å². The van der Waals surface area contributed by atoms with Crippen molar-refractivity contribution in [3.05, 3.63) is 0 Å². The number of hydrogen-bond acceptors (Lipinski definition) is 1. The summed E-state index contributed by atoms with van der Waals surface area (Å²) in [5.74, 6) is 3.54. The van der Waals surface area contributed by atoms with Crippen molar-refractivity contribution in [2.75, 3.05) is 12.4 Å². The lowest BCUT2D eigenvalue weighted by molar-refractivity contribution is -0.130. The second kappa shape index (κ2) is 3.59. The average Bonchev–Trinajstić information content (AvgIpc) is 2.47. The molecule has 1 aliphatic rings. The Balaban J connectivity index is 2.74. The summed E-state index contributed by atoms with van der Waals surface area (Å²) in [6.45, 7) is 4.45. The number of terminal acetylenes is 1. The highest BCUT2D eigenvalue weighted by Crippen LogP contribution is 2.26. The average molecular weight is 200 g/mol. The van der Waals surface area contributed by atoms with E-state index >= 15 is 0 Å². The van der Waals surface area contributed by atoms with Crippen LogP contribution < -0.4 is 0 Å². The molecule has 0 aromatic rings. The third-order valence-electron chi connectivity index (χ3n) is 2.45. The minimum atomic E-state index is -0.474. The number of likely N-dealkylation sites (tertiary alicyclic amines) is 1. The summed E-state index contributed by atoms with van der Waals surface area (Å²) in [4.78, 5) is 13.3. The topological polar surface area (TPSA) is 20.3 Å². The number of rotatable bonds is 2. The van der Waals surface area contributed by atoms with E-state index in [1.807, 2.05) is 13.8 Å². The summed E-state index contributed by atoms with van der Waals surface area (Å²) in [5.41, 5.74) is -0.474. The SMILES string of the molecule is C#CC(C)(C)N1CC(CCl)CC1=O. The normalized spacial score (nSPS) is 23.4. The lowest BCUT2D eigenvalue weighted by atomic mass is 10.1. The smallest absolute Gasteiger partial charge is 0.224 e. The standard InChI is InChI=1S/C10H14ClNO/c1-4-10(2,3)12-7-8(6-11)5-9(12)13/h1,8H,5-7H2,2-3H3. The van der Waals surface area contributed by atoms with Gasteiger partial charge in [-0.25, -0.2) is 0 Å². The number of carbonyl (C=O) groups is 1. The van der Waals surface area contributed by atoms with E-state index in [0.717, 1.165) is 0 Å². The maximum Gasteiger partial charge on any atom is 0.224 e. The van der Waals surface area contributed by atoms with Crippen molar-refractivity contribution in [1.82, 2.24) is 4.90 Å². The van der Waals surface area contributed by atoms with Crippen LogP contribution >= 0.6 is 11.6 Å². The lowest BCUT2D eigenvalue weighted by Crippen LogP contribution is -2.43. The van der Waals surface area contributed by atoms with Gasteiger partial charge in [0.05, 0.1) is 5.54 Å². The molecule has 0 spiro atoms. The Labute approximate surface area is 84.2 Å². The van der Waals surface area contributed by atoms with Crippen molar-refractivity contribution in [3.63, 3.8) is 0 Å². The first-order valence-electron chi connectivity index (χ1n) is 4.35. The molecule has 0 aromatic carbocycles. The molecule has 1 atom stereocenters. The molecule has 1 unspecified atom stereocenters. The van der Waals surface area contributed by atoms with Gasteiger partial charge in [-0.15, -0.1) is 18.0 Å². The van der Waals surface area contributed by atoms with Gasteiger partial charge < -0.3 is 4.90 Å². The van der Waals surface area contributed by atoms with Crippen molar-refractivity contribution in [2.45, 2.75) is 25.8 Å². The fraction of sp³-hybridized carbons (Fsp3) is 0.700. The summed E-state index contributed by atoms with van der Waals surface area (Å²) >= 11 is 5.70. The van der Waals surface area contributed by atoms with Crippen LogP contribution in [0.5, 0.6) is 0 Å². The third-order valence-corrected chi connectivity index (χ3v) is 2.89. The number of amides is 1. The Kier molecular flexibility index (Phi) is 2.87. The molecular formula is C10H14ClNO. The molecule has 1 rings (SSSR count). The maximum absolute atomic E-state index is 11.5. The molecule has 0 saturated carbocycles. The van der Waals surface area contributed by atoms with Gasteiger partial charge in [0.25, 0.3) is 0 Å². The molecule has 0 aliphatic carbocycles. The fourth-order valence-electron chi connectivity index (χ4n) is 1.50. The molecule has 1 aliphatic heterocycles. The zero-order chi connectivity index (χ0) is 10.1. The van der Waals surface area contributed by atoms with Gasteiger partial charge in [0.2, 0.25) is 5.91 Å². The second-order valence-corrected chi connectivity index (χ2v) is 4.24. The zero-order valence-corrected chi connectivity index (χ0v) is 8.77. The van der Waals surface area contributed by atoms with Gasteiger partial charge in [-0.1, -0.05) is 5.92 Å². The van der Waals surface area contributed by atoms with Crippen LogP contribution in [0.3, 0.4) is 0 Å². The van der Waals surface area contributed by atoms with Crippen LogP contribution in [-0.4, -0.2) is 28.8 Å². The van der Waals surface area contributed by atoms with E-state index in [0.29, 0.717) is 18.8 Å². The molecule has 1 heterocycles. The Hall–Kier alpha value is -0.680. The molecule has 1 saturated heterocycles. The van der Waals surface area contributed by atoms with Crippen LogP contribution in [0, 0.1) is 18.3 Å². The summed E-state index contributed by atoms with van der Waals surface area (Å²) in [5, 5.41) is 0. The molecular weight excluding hydrogens is 186 g/mol. The third kappa shape index (κ3) is 1.97. The van der Waals surface area contributed by atoms with Gasteiger partial charge in [-0.05, 0) is 19.8 Å². The van der Waals surface area contributed by atoms with Gasteiger partial charge in [-0.2, -0.15) is 0 Å². The first-order valence-corrected chi connectivity index (χ1v) is 4.89. The molecule has 1 fully saturated rings. The van der Waals surface area contributed by atoms with Gasteiger partial charge in [0.1, 0.15) is 0 Å². The fourth-order valence-corrected chi connectivity index (χ4v) is 1.71. The maximum atomic E-state index is 11.5. The van der Waals surface area contributed by atoms with E-state index in [1.165, 1.54) is 0 Å². The predicted octanol–water partition coefficient (Wildman–Crippen LogP) is 1.49. The highest BCUT2D eigenvalue weighted by atomic mass is 35.5. The Morgan fingerprint density at radius 1 is 1.77 bits per heavy atom. The summed E-state index contributed by atoms with van der Waals surface area (Å²) in [6, 6.07) is 0. The van der Waals surface area contributed by atoms with Gasteiger partial charge in [0, 0.05) is 18.8 Å². The van der Waals surface area contributed by atoms with E-state index in [4.69, 9.17) is 18.0 Å². The molecule has 3 heteroatoms. The van der Waals surface area contributed by atoms with Gasteiger partial charge in [0.15, 0.2) is 0 Å². The number of halogens is 1. The molecule has 72 valence electrons. The number of hydrogen-bond donors (Lipinski definition) is 0. The second-order valence-electron chi connectivity index (χ2n) is 3.93. The minimum Gasteiger partial charge on any atom is -0.326 e. The van der Waals surface area contributed by atoms with Crippen LogP contribution in [0.1, 0.15) is 20.3 Å². The van der Waals surface area contributed by atoms with Crippen LogP contribution in [0.25, 0.3) is 0 Å². The number of alkyl halides is 1. The van der Waals surface area contributed by atoms with E-state index in [9.17, 15) is 4.79 Å². The van der Waals surface area contributed by atoms with Gasteiger partial charge >= 0.3 is 0 Å². The number of carbonyl (C=O) groups excluding carboxylic acids is 1. The Morgan fingerprint density at radius 3 is 2.77 bits per heavy atom. The largest absolute Gasteiger partial charge is 0.326 e. The first-order chi connectivity index (χ1) is 6.01. The van der Waals surface area contributed by atoms with E-state index < -0.39 is 5.54 Å². The van der Waals surface area contributed by atoms with Crippen LogP contribution in [0.4, 0.5) is 0 Å². The molecule has 1 amide bonds. The molecule has 13 heavy (non-hydrogen) atoms. The summed E-state index contributed by atoms with van der Waals surface area (Å²) < 4.78 is 0. The number of nitrogens with zero attached hydrogens (tertiary/aromatic N) is 1. The van der Waals surface area contributed by atoms with Crippen LogP contribution in [0.15, 0.2) is 0 Å². The van der Waals surface area contributed by atoms with Crippen molar-refractivity contribution < 1.29 is 4.79 Å². The Bertz CT molecular complexity index is 254. The Morgan fingerprint density at radius 2 is 2.38 bits per heavy atom. The highest BCUT2D eigenvalue weighted by molar-refractivity contribution is 6.18. The molecule has 2 nitrogen and oxygen atoms in total. The first kappa shape index (κ1) is 10.4. The van der Waals surface area contributed by atoms with E-state index in [1.54, 1.807) is 4.90 Å². The molecule has 0 N–H and O–H groups in total. The van der Waals surface area contributed by atoms with Crippen molar-refractivity contribution in [3.8, 4) is 12.3 Å². The monoisotopic (exact) mass is 199 g/mol. The molecule has 0 aromatic heterocycles. The zero-order valence-electron chi connectivity index (χ0n) is 8.01. The van der Waals surface area contributed by atoms with Crippen LogP contribution in [-0.2, 0) is 4.79 Å². The summed E-state index contributed by atoms with van der Waals surface area (Å²) in [6.07, 6.45) is 5.89. The van der Waals surface area contributed by atoms with E-state index in [-0.39, 0.29) is 11.8 Å². The van der Waals surface area contributed by atoms with Gasteiger partial charge in [-0.3, -0.25) is 4.79 Å². The quantitative estimate of drug-likeness (QED) is 0.488. The highest BCUT2D eigenvalue weighted by Gasteiger charge is 2.37. The van der Waals surface area contributed by atoms with Crippen molar-refractivity contribution >= 4 is 17.5 Å².